The Morgan fingerprint density at radius 1 is 1.39 bits per heavy atom. The molecule has 0 aromatic heterocycles. The van der Waals surface area contributed by atoms with Crippen LogP contribution in [0.1, 0.15) is 45.4 Å². The van der Waals surface area contributed by atoms with Crippen molar-refractivity contribution in [2.24, 2.45) is 0 Å². The second-order valence-electron chi connectivity index (χ2n) is 4.46. The first-order chi connectivity index (χ1) is 8.65. The van der Waals surface area contributed by atoms with Gasteiger partial charge >= 0.3 is 5.97 Å². The van der Waals surface area contributed by atoms with Crippen LogP contribution in [-0.4, -0.2) is 37.9 Å². The van der Waals surface area contributed by atoms with Crippen LogP contribution in [0.3, 0.4) is 0 Å². The van der Waals surface area contributed by atoms with Gasteiger partial charge in [-0.25, -0.2) is 0 Å². The number of methoxy groups -OCH3 is 1. The first kappa shape index (κ1) is 15.1. The van der Waals surface area contributed by atoms with E-state index in [0.717, 1.165) is 32.3 Å². The van der Waals surface area contributed by atoms with E-state index in [1.807, 2.05) is 6.92 Å². The second kappa shape index (κ2) is 8.21. The van der Waals surface area contributed by atoms with Gasteiger partial charge in [-0.1, -0.05) is 6.92 Å². The van der Waals surface area contributed by atoms with Crippen LogP contribution >= 0.6 is 0 Å². The Morgan fingerprint density at radius 2 is 2.17 bits per heavy atom. The van der Waals surface area contributed by atoms with Crippen LogP contribution in [0.2, 0.25) is 0 Å². The zero-order valence-corrected chi connectivity index (χ0v) is 11.1. The van der Waals surface area contributed by atoms with E-state index >= 15 is 0 Å². The second-order valence-corrected chi connectivity index (χ2v) is 4.46. The number of esters is 1. The summed E-state index contributed by atoms with van der Waals surface area (Å²) in [7, 11) is 1.28. The van der Waals surface area contributed by atoms with Crippen molar-refractivity contribution in [3.8, 4) is 0 Å². The third-order valence-electron chi connectivity index (χ3n) is 2.96. The molecular weight excluding hydrogens is 236 g/mol. The number of carbonyl (C=O) groups excluding carboxylic acids is 2. The van der Waals surface area contributed by atoms with Crippen LogP contribution < -0.4 is 0 Å². The fourth-order valence-electron chi connectivity index (χ4n) is 1.88. The average Bonchev–Trinajstić information content (AvgIpc) is 2.38. The lowest BCUT2D eigenvalue weighted by molar-refractivity contribution is -0.190. The van der Waals surface area contributed by atoms with Gasteiger partial charge in [0.2, 0.25) is 0 Å². The van der Waals surface area contributed by atoms with Crippen LogP contribution in [0.25, 0.3) is 0 Å². The first-order valence-corrected chi connectivity index (χ1v) is 6.51. The summed E-state index contributed by atoms with van der Waals surface area (Å²) in [6.07, 6.45) is 3.46. The van der Waals surface area contributed by atoms with Crippen molar-refractivity contribution in [3.63, 3.8) is 0 Å². The predicted molar refractivity (Wildman–Crippen MR) is 65.0 cm³/mol. The van der Waals surface area contributed by atoms with Gasteiger partial charge in [0.25, 0.3) is 0 Å². The molecule has 104 valence electrons. The molecule has 1 unspecified atom stereocenters. The molecule has 0 aromatic rings. The lowest BCUT2D eigenvalue weighted by atomic mass is 10.1. The number of Topliss-reactive ketones (excluding diaryl/α,β-unsaturated/α-hetero) is 1. The number of hydrogen-bond donors (Lipinski definition) is 0. The van der Waals surface area contributed by atoms with E-state index in [1.54, 1.807) is 0 Å². The highest BCUT2D eigenvalue weighted by Crippen LogP contribution is 2.18. The molecule has 0 aromatic carbocycles. The minimum Gasteiger partial charge on any atom is -0.469 e. The summed E-state index contributed by atoms with van der Waals surface area (Å²) >= 11 is 0. The molecule has 1 aliphatic heterocycles. The van der Waals surface area contributed by atoms with Gasteiger partial charge in [-0.3, -0.25) is 9.59 Å². The Morgan fingerprint density at radius 3 is 2.72 bits per heavy atom. The van der Waals surface area contributed by atoms with E-state index in [0.29, 0.717) is 0 Å². The van der Waals surface area contributed by atoms with Crippen molar-refractivity contribution < 1.29 is 23.8 Å². The van der Waals surface area contributed by atoms with Crippen LogP contribution in [0.4, 0.5) is 0 Å². The first-order valence-electron chi connectivity index (χ1n) is 6.51. The van der Waals surface area contributed by atoms with Gasteiger partial charge in [0.15, 0.2) is 6.29 Å². The topological polar surface area (TPSA) is 61.8 Å². The van der Waals surface area contributed by atoms with E-state index < -0.39 is 5.97 Å². The summed E-state index contributed by atoms with van der Waals surface area (Å²) in [6.45, 7) is 2.68. The van der Waals surface area contributed by atoms with E-state index in [1.165, 1.54) is 7.11 Å². The largest absolute Gasteiger partial charge is 0.469 e. The fraction of sp³-hybridized carbons (Fsp3) is 0.846. The summed E-state index contributed by atoms with van der Waals surface area (Å²) in [5.74, 6) is -0.645. The zero-order chi connectivity index (χ0) is 13.4. The quantitative estimate of drug-likeness (QED) is 0.515. The Bertz CT molecular complexity index is 271. The summed E-state index contributed by atoms with van der Waals surface area (Å²) in [6, 6.07) is 0. The molecule has 5 heteroatoms. The fourth-order valence-corrected chi connectivity index (χ4v) is 1.88. The van der Waals surface area contributed by atoms with Crippen molar-refractivity contribution in [1.82, 2.24) is 0 Å². The average molecular weight is 258 g/mol. The monoisotopic (exact) mass is 258 g/mol. The molecule has 2 atom stereocenters. The lowest BCUT2D eigenvalue weighted by Crippen LogP contribution is -2.29. The van der Waals surface area contributed by atoms with Crippen LogP contribution in [0.15, 0.2) is 0 Å². The highest BCUT2D eigenvalue weighted by atomic mass is 16.7. The number of ketones is 1. The molecule has 1 saturated heterocycles. The summed E-state index contributed by atoms with van der Waals surface area (Å²) in [4.78, 5) is 22.6. The minimum atomic E-state index is -0.497. The molecule has 1 rings (SSSR count). The van der Waals surface area contributed by atoms with Gasteiger partial charge < -0.3 is 14.2 Å². The van der Waals surface area contributed by atoms with Crippen molar-refractivity contribution in [2.45, 2.75) is 57.8 Å². The predicted octanol–water partition coefficient (Wildman–Crippen LogP) is 1.83. The maximum atomic E-state index is 11.6. The maximum absolute atomic E-state index is 11.6. The van der Waals surface area contributed by atoms with Gasteiger partial charge in [0.1, 0.15) is 12.2 Å². The number of carbonyl (C=O) groups is 2. The van der Waals surface area contributed by atoms with E-state index in [2.05, 4.69) is 4.74 Å². The van der Waals surface area contributed by atoms with Crippen LogP contribution in [0, 0.1) is 0 Å². The van der Waals surface area contributed by atoms with Crippen molar-refractivity contribution >= 4 is 11.8 Å². The molecule has 0 bridgehead atoms. The highest BCUT2D eigenvalue weighted by molar-refractivity contribution is 5.95. The minimum absolute atomic E-state index is 0.149. The Hall–Kier alpha value is -0.940. The molecule has 1 fully saturated rings. The third-order valence-corrected chi connectivity index (χ3v) is 2.96. The zero-order valence-electron chi connectivity index (χ0n) is 11.1. The highest BCUT2D eigenvalue weighted by Gasteiger charge is 2.21. The lowest BCUT2D eigenvalue weighted by Gasteiger charge is -2.27. The molecule has 0 radical (unpaired) electrons. The summed E-state index contributed by atoms with van der Waals surface area (Å²) in [5, 5.41) is 0. The van der Waals surface area contributed by atoms with Crippen molar-refractivity contribution in [2.75, 3.05) is 13.7 Å². The van der Waals surface area contributed by atoms with E-state index in [4.69, 9.17) is 9.47 Å². The normalized spacial score (nSPS) is 21.3. The molecule has 0 spiro atoms. The maximum Gasteiger partial charge on any atom is 0.313 e. The van der Waals surface area contributed by atoms with Gasteiger partial charge in [-0.15, -0.1) is 0 Å². The molecule has 0 amide bonds. The van der Waals surface area contributed by atoms with Crippen molar-refractivity contribution in [1.29, 1.82) is 0 Å². The molecule has 1 aliphatic rings. The van der Waals surface area contributed by atoms with Crippen molar-refractivity contribution in [3.05, 3.63) is 0 Å². The molecule has 1 heterocycles. The summed E-state index contributed by atoms with van der Waals surface area (Å²) in [5.41, 5.74) is 0. The van der Waals surface area contributed by atoms with E-state index in [-0.39, 0.29) is 31.0 Å². The van der Waals surface area contributed by atoms with E-state index in [9.17, 15) is 9.59 Å². The molecule has 0 N–H and O–H groups in total. The molecule has 0 saturated carbocycles. The van der Waals surface area contributed by atoms with Crippen LogP contribution in [-0.2, 0) is 23.8 Å². The molecule has 18 heavy (non-hydrogen) atoms. The molecule has 0 aliphatic carbocycles. The SMILES string of the molecule is CC[C@@H](CC(=O)CC(=O)OC)OC1CCCCO1. The Labute approximate surface area is 108 Å². The molecular formula is C13H22O5. The van der Waals surface area contributed by atoms with Gasteiger partial charge in [-0.2, -0.15) is 0 Å². The summed E-state index contributed by atoms with van der Waals surface area (Å²) < 4.78 is 15.7. The number of hydrogen-bond acceptors (Lipinski definition) is 5. The Balaban J connectivity index is 2.31. The van der Waals surface area contributed by atoms with Crippen LogP contribution in [0.5, 0.6) is 0 Å². The van der Waals surface area contributed by atoms with Gasteiger partial charge in [-0.05, 0) is 25.7 Å². The molecule has 5 nitrogen and oxygen atoms in total. The van der Waals surface area contributed by atoms with Gasteiger partial charge in [0.05, 0.1) is 13.2 Å². The number of rotatable bonds is 7. The Kier molecular flexibility index (Phi) is 6.90. The smallest absolute Gasteiger partial charge is 0.313 e. The number of ether oxygens (including phenoxy) is 3. The standard InChI is InChI=1S/C13H22O5/c1-3-11(8-10(14)9-12(15)16-2)18-13-6-4-5-7-17-13/h11,13H,3-9H2,1-2H3/t11-,13?/m0/s1. The third kappa shape index (κ3) is 5.60. The van der Waals surface area contributed by atoms with Gasteiger partial charge in [0, 0.05) is 13.0 Å².